The van der Waals surface area contributed by atoms with E-state index in [4.69, 9.17) is 33.0 Å². The highest BCUT2D eigenvalue weighted by Crippen LogP contribution is 2.25. The summed E-state index contributed by atoms with van der Waals surface area (Å²) in [6, 6.07) is 4.64. The zero-order valence-corrected chi connectivity index (χ0v) is 12.5. The lowest BCUT2D eigenvalue weighted by Crippen LogP contribution is -2.51. The number of amides is 2. The first kappa shape index (κ1) is 15.4. The number of rotatable bonds is 2. The second-order valence-corrected chi connectivity index (χ2v) is 5.53. The first-order chi connectivity index (χ1) is 9.49. The summed E-state index contributed by atoms with van der Waals surface area (Å²) < 4.78 is 5.49. The van der Waals surface area contributed by atoms with E-state index in [1.807, 2.05) is 6.92 Å². The third kappa shape index (κ3) is 3.76. The summed E-state index contributed by atoms with van der Waals surface area (Å²) in [7, 11) is 0. The summed E-state index contributed by atoms with van der Waals surface area (Å²) in [6.45, 7) is 2.58. The van der Waals surface area contributed by atoms with Crippen LogP contribution in [0.2, 0.25) is 10.0 Å². The molecule has 0 spiro atoms. The van der Waals surface area contributed by atoms with E-state index in [0.717, 1.165) is 0 Å². The lowest BCUT2D eigenvalue weighted by atomic mass is 10.2. The number of hydrogen-bond acceptors (Lipinski definition) is 3. The van der Waals surface area contributed by atoms with Crippen molar-refractivity contribution in [2.75, 3.05) is 25.0 Å². The molecule has 1 fully saturated rings. The third-order valence-corrected chi connectivity index (χ3v) is 3.73. The Bertz CT molecular complexity index is 499. The lowest BCUT2D eigenvalue weighted by Gasteiger charge is -2.36. The van der Waals surface area contributed by atoms with Crippen molar-refractivity contribution in [2.45, 2.75) is 19.1 Å². The molecule has 1 aromatic carbocycles. The fourth-order valence-corrected chi connectivity index (χ4v) is 2.39. The number of hydrogen-bond donors (Lipinski definition) is 2. The van der Waals surface area contributed by atoms with Crippen LogP contribution >= 0.6 is 23.2 Å². The van der Waals surface area contributed by atoms with Gasteiger partial charge in [-0.25, -0.2) is 4.79 Å². The van der Waals surface area contributed by atoms with Gasteiger partial charge in [0.2, 0.25) is 0 Å². The van der Waals surface area contributed by atoms with Gasteiger partial charge in [-0.1, -0.05) is 23.2 Å². The van der Waals surface area contributed by atoms with Crippen LogP contribution in [0.25, 0.3) is 0 Å². The van der Waals surface area contributed by atoms with Crippen molar-refractivity contribution in [1.29, 1.82) is 0 Å². The number of benzene rings is 1. The summed E-state index contributed by atoms with van der Waals surface area (Å²) >= 11 is 11.7. The molecule has 2 unspecified atom stereocenters. The van der Waals surface area contributed by atoms with Crippen molar-refractivity contribution >= 4 is 34.9 Å². The number of carbonyl (C=O) groups excluding carboxylic acids is 1. The normalized spacial score (nSPS) is 22.7. The van der Waals surface area contributed by atoms with Crippen LogP contribution < -0.4 is 5.32 Å². The zero-order valence-electron chi connectivity index (χ0n) is 11.0. The predicted octanol–water partition coefficient (Wildman–Crippen LogP) is 2.61. The number of carbonyl (C=O) groups is 1. The van der Waals surface area contributed by atoms with Gasteiger partial charge in [-0.15, -0.1) is 0 Å². The standard InChI is InChI=1S/C13H16Cl2N2O3/c1-8-5-17(6-10(7-18)20-8)13(19)16-9-2-3-11(14)12(15)4-9/h2-4,8,10,18H,5-7H2,1H3,(H,16,19). The molecule has 0 saturated carbocycles. The SMILES string of the molecule is CC1CN(C(=O)Nc2ccc(Cl)c(Cl)c2)CC(CO)O1. The van der Waals surface area contributed by atoms with Gasteiger partial charge in [0, 0.05) is 12.2 Å². The molecule has 2 N–H and O–H groups in total. The zero-order chi connectivity index (χ0) is 14.7. The highest BCUT2D eigenvalue weighted by molar-refractivity contribution is 6.42. The Morgan fingerprint density at radius 1 is 1.45 bits per heavy atom. The minimum atomic E-state index is -0.349. The highest BCUT2D eigenvalue weighted by Gasteiger charge is 2.27. The molecule has 1 aliphatic heterocycles. The van der Waals surface area contributed by atoms with Gasteiger partial charge in [0.25, 0.3) is 0 Å². The molecule has 1 aromatic rings. The van der Waals surface area contributed by atoms with E-state index in [2.05, 4.69) is 5.32 Å². The maximum atomic E-state index is 12.2. The van der Waals surface area contributed by atoms with E-state index in [-0.39, 0.29) is 24.8 Å². The minimum absolute atomic E-state index is 0.110. The number of aliphatic hydroxyl groups excluding tert-OH is 1. The number of anilines is 1. The van der Waals surface area contributed by atoms with Crippen molar-refractivity contribution in [3.8, 4) is 0 Å². The number of morpholine rings is 1. The van der Waals surface area contributed by atoms with Gasteiger partial charge in [0.05, 0.1) is 35.4 Å². The van der Waals surface area contributed by atoms with Crippen molar-refractivity contribution in [2.24, 2.45) is 0 Å². The Morgan fingerprint density at radius 2 is 2.20 bits per heavy atom. The molecule has 0 aliphatic carbocycles. The van der Waals surface area contributed by atoms with Crippen molar-refractivity contribution in [3.05, 3.63) is 28.2 Å². The third-order valence-electron chi connectivity index (χ3n) is 2.99. The monoisotopic (exact) mass is 318 g/mol. The van der Waals surface area contributed by atoms with Crippen LogP contribution in [-0.2, 0) is 4.74 Å². The molecule has 1 aliphatic rings. The molecule has 0 radical (unpaired) electrons. The van der Waals surface area contributed by atoms with E-state index in [1.54, 1.807) is 23.1 Å². The Hall–Kier alpha value is -1.01. The number of ether oxygens (including phenoxy) is 1. The van der Waals surface area contributed by atoms with Crippen LogP contribution in [0.1, 0.15) is 6.92 Å². The second kappa shape index (κ2) is 6.63. The molecule has 20 heavy (non-hydrogen) atoms. The predicted molar refractivity (Wildman–Crippen MR) is 78.5 cm³/mol. The van der Waals surface area contributed by atoms with Crippen LogP contribution in [0.5, 0.6) is 0 Å². The Labute approximate surface area is 127 Å². The van der Waals surface area contributed by atoms with E-state index >= 15 is 0 Å². The minimum Gasteiger partial charge on any atom is -0.394 e. The Morgan fingerprint density at radius 3 is 2.85 bits per heavy atom. The largest absolute Gasteiger partial charge is 0.394 e. The summed E-state index contributed by atoms with van der Waals surface area (Å²) in [5.74, 6) is 0. The fourth-order valence-electron chi connectivity index (χ4n) is 2.09. The van der Waals surface area contributed by atoms with E-state index in [0.29, 0.717) is 28.8 Å². The molecule has 2 atom stereocenters. The van der Waals surface area contributed by atoms with Crippen LogP contribution in [0.3, 0.4) is 0 Å². The fraction of sp³-hybridized carbons (Fsp3) is 0.462. The Balaban J connectivity index is 2.01. The van der Waals surface area contributed by atoms with E-state index in [9.17, 15) is 4.79 Å². The number of urea groups is 1. The number of nitrogens with zero attached hydrogens (tertiary/aromatic N) is 1. The number of nitrogens with one attached hydrogen (secondary N) is 1. The lowest BCUT2D eigenvalue weighted by molar-refractivity contribution is -0.0822. The van der Waals surface area contributed by atoms with Gasteiger partial charge in [-0.05, 0) is 25.1 Å². The molecule has 7 heteroatoms. The van der Waals surface area contributed by atoms with Gasteiger partial charge in [0.15, 0.2) is 0 Å². The summed E-state index contributed by atoms with van der Waals surface area (Å²) in [5, 5.41) is 12.7. The maximum Gasteiger partial charge on any atom is 0.322 e. The van der Waals surface area contributed by atoms with Gasteiger partial charge in [-0.2, -0.15) is 0 Å². The molecule has 2 rings (SSSR count). The highest BCUT2D eigenvalue weighted by atomic mass is 35.5. The molecule has 0 bridgehead atoms. The average Bonchev–Trinajstić information content (AvgIpc) is 2.42. The van der Waals surface area contributed by atoms with Gasteiger partial charge in [-0.3, -0.25) is 0 Å². The quantitative estimate of drug-likeness (QED) is 0.881. The second-order valence-electron chi connectivity index (χ2n) is 4.72. The summed E-state index contributed by atoms with van der Waals surface area (Å²) in [6.07, 6.45) is -0.459. The van der Waals surface area contributed by atoms with Gasteiger partial charge >= 0.3 is 6.03 Å². The van der Waals surface area contributed by atoms with Crippen molar-refractivity contribution in [3.63, 3.8) is 0 Å². The van der Waals surface area contributed by atoms with Crippen molar-refractivity contribution < 1.29 is 14.6 Å². The molecule has 2 amide bonds. The van der Waals surface area contributed by atoms with E-state index in [1.165, 1.54) is 0 Å². The first-order valence-electron chi connectivity index (χ1n) is 6.27. The topological polar surface area (TPSA) is 61.8 Å². The average molecular weight is 319 g/mol. The van der Waals surface area contributed by atoms with Gasteiger partial charge in [0.1, 0.15) is 0 Å². The molecule has 1 heterocycles. The number of aliphatic hydroxyl groups is 1. The molecule has 5 nitrogen and oxygen atoms in total. The maximum absolute atomic E-state index is 12.2. The summed E-state index contributed by atoms with van der Waals surface area (Å²) in [4.78, 5) is 13.8. The van der Waals surface area contributed by atoms with Crippen LogP contribution in [0.4, 0.5) is 10.5 Å². The first-order valence-corrected chi connectivity index (χ1v) is 7.02. The molecule has 110 valence electrons. The molecule has 1 saturated heterocycles. The van der Waals surface area contributed by atoms with E-state index < -0.39 is 0 Å². The van der Waals surface area contributed by atoms with Crippen LogP contribution in [0.15, 0.2) is 18.2 Å². The molecular weight excluding hydrogens is 303 g/mol. The Kier molecular flexibility index (Phi) is 5.10. The number of halogens is 2. The summed E-state index contributed by atoms with van der Waals surface area (Å²) in [5.41, 5.74) is 0.573. The van der Waals surface area contributed by atoms with Crippen LogP contribution in [0, 0.1) is 0 Å². The van der Waals surface area contributed by atoms with Crippen LogP contribution in [-0.4, -0.2) is 47.9 Å². The molecule has 0 aromatic heterocycles. The molecular formula is C13H16Cl2N2O3. The smallest absolute Gasteiger partial charge is 0.322 e. The van der Waals surface area contributed by atoms with Crippen molar-refractivity contribution in [1.82, 2.24) is 4.90 Å². The van der Waals surface area contributed by atoms with Gasteiger partial charge < -0.3 is 20.1 Å².